The Labute approximate surface area is 194 Å². The van der Waals surface area contributed by atoms with Crippen molar-refractivity contribution in [1.29, 1.82) is 0 Å². The summed E-state index contributed by atoms with van der Waals surface area (Å²) in [5, 5.41) is 12.0. The molecule has 0 aliphatic carbocycles. The summed E-state index contributed by atoms with van der Waals surface area (Å²) in [5.41, 5.74) is 1.73. The minimum absolute atomic E-state index is 0.0193. The molecule has 1 atom stereocenters. The number of thiazole rings is 1. The van der Waals surface area contributed by atoms with E-state index < -0.39 is 23.5 Å². The number of halogens is 1. The lowest BCUT2D eigenvalue weighted by Gasteiger charge is -2.27. The number of nitrogens with zero attached hydrogens (tertiary/aromatic N) is 2. The Morgan fingerprint density at radius 3 is 2.53 bits per heavy atom. The van der Waals surface area contributed by atoms with Gasteiger partial charge >= 0.3 is 0 Å². The number of ketones is 1. The first-order chi connectivity index (χ1) is 15.3. The minimum Gasteiger partial charge on any atom is -0.503 e. The zero-order chi connectivity index (χ0) is 23.0. The number of carbonyl (C=O) groups is 2. The van der Waals surface area contributed by atoms with Crippen LogP contribution >= 0.6 is 22.9 Å². The van der Waals surface area contributed by atoms with Gasteiger partial charge in [-0.05, 0) is 56.7 Å². The van der Waals surface area contributed by atoms with Crippen molar-refractivity contribution in [2.75, 3.05) is 11.5 Å². The highest BCUT2D eigenvalue weighted by molar-refractivity contribution is 7.14. The van der Waals surface area contributed by atoms with E-state index in [2.05, 4.69) is 4.98 Å². The van der Waals surface area contributed by atoms with E-state index in [0.717, 1.165) is 5.01 Å². The van der Waals surface area contributed by atoms with Crippen LogP contribution in [0, 0.1) is 13.8 Å². The van der Waals surface area contributed by atoms with E-state index in [-0.39, 0.29) is 5.57 Å². The predicted octanol–water partition coefficient (Wildman–Crippen LogP) is 5.59. The first-order valence-electron chi connectivity index (χ1n) is 10.1. The Balaban J connectivity index is 1.87. The Hall–Kier alpha value is -3.16. The minimum atomic E-state index is -0.828. The molecule has 1 amide bonds. The molecule has 1 N–H and O–H groups in total. The van der Waals surface area contributed by atoms with E-state index in [1.807, 2.05) is 13.8 Å². The topological polar surface area (TPSA) is 79.7 Å². The number of Topliss-reactive ketones (excluding diaryl/α,β-unsaturated/α-hetero) is 1. The molecule has 0 saturated heterocycles. The highest BCUT2D eigenvalue weighted by atomic mass is 35.5. The van der Waals surface area contributed by atoms with Gasteiger partial charge in [0.25, 0.3) is 5.91 Å². The number of benzene rings is 2. The van der Waals surface area contributed by atoms with Gasteiger partial charge in [0, 0.05) is 10.7 Å². The summed E-state index contributed by atoms with van der Waals surface area (Å²) in [4.78, 5) is 32.9. The highest BCUT2D eigenvalue weighted by Crippen LogP contribution is 2.43. The quantitative estimate of drug-likeness (QED) is 0.476. The van der Waals surface area contributed by atoms with Crippen LogP contribution in [-0.4, -0.2) is 28.4 Å². The lowest BCUT2D eigenvalue weighted by molar-refractivity contribution is -0.117. The molecule has 1 aliphatic heterocycles. The zero-order valence-electron chi connectivity index (χ0n) is 17.8. The second-order valence-corrected chi connectivity index (χ2v) is 8.94. The van der Waals surface area contributed by atoms with Crippen molar-refractivity contribution in [2.45, 2.75) is 26.8 Å². The van der Waals surface area contributed by atoms with Crippen LogP contribution in [0.1, 0.15) is 38.9 Å². The second kappa shape index (κ2) is 8.76. The maximum absolute atomic E-state index is 13.6. The Morgan fingerprint density at radius 1 is 1.22 bits per heavy atom. The molecule has 1 aliphatic rings. The molecule has 2 aromatic carbocycles. The molecule has 0 fully saturated rings. The lowest BCUT2D eigenvalue weighted by atomic mass is 9.94. The number of hydrogen-bond donors (Lipinski definition) is 1. The van der Waals surface area contributed by atoms with Crippen LogP contribution in [0.4, 0.5) is 5.69 Å². The monoisotopic (exact) mass is 468 g/mol. The molecule has 8 heteroatoms. The maximum atomic E-state index is 13.6. The number of carbonyl (C=O) groups excluding carboxylic acids is 2. The van der Waals surface area contributed by atoms with Gasteiger partial charge in [-0.1, -0.05) is 29.8 Å². The Bertz CT molecular complexity index is 1230. The van der Waals surface area contributed by atoms with E-state index >= 15 is 0 Å². The number of aryl methyl sites for hydroxylation is 2. The molecule has 4 rings (SSSR count). The van der Waals surface area contributed by atoms with Gasteiger partial charge in [-0.25, -0.2) is 4.98 Å². The van der Waals surface area contributed by atoms with Crippen LogP contribution in [0.2, 0.25) is 5.02 Å². The molecule has 1 unspecified atom stereocenters. The predicted molar refractivity (Wildman–Crippen MR) is 125 cm³/mol. The van der Waals surface area contributed by atoms with Gasteiger partial charge in [0.1, 0.15) is 5.75 Å². The molecular formula is C24H21ClN2O4S. The summed E-state index contributed by atoms with van der Waals surface area (Å²) in [6.07, 6.45) is 0. The van der Waals surface area contributed by atoms with Gasteiger partial charge in [-0.15, -0.1) is 11.3 Å². The summed E-state index contributed by atoms with van der Waals surface area (Å²) >= 11 is 7.41. The molecule has 164 valence electrons. The summed E-state index contributed by atoms with van der Waals surface area (Å²) in [6.45, 7) is 5.96. The van der Waals surface area contributed by atoms with E-state index in [1.165, 1.54) is 16.2 Å². The van der Waals surface area contributed by atoms with E-state index in [9.17, 15) is 14.7 Å². The smallest absolute Gasteiger partial charge is 0.294 e. The largest absolute Gasteiger partial charge is 0.503 e. The fourth-order valence-corrected chi connectivity index (χ4v) is 4.88. The molecule has 6 nitrogen and oxygen atoms in total. The zero-order valence-corrected chi connectivity index (χ0v) is 19.3. The average molecular weight is 469 g/mol. The lowest BCUT2D eigenvalue weighted by Crippen LogP contribution is -2.31. The van der Waals surface area contributed by atoms with E-state index in [1.54, 1.807) is 55.5 Å². The molecule has 0 bridgehead atoms. The SMILES string of the molecule is CCOc1ccc(C2C(C(=O)c3sc(C)nc3C)=C(O)C(=O)N2c2cccc(Cl)c2)cc1. The molecule has 0 saturated carbocycles. The van der Waals surface area contributed by atoms with Crippen molar-refractivity contribution < 1.29 is 19.4 Å². The van der Waals surface area contributed by atoms with Crippen molar-refractivity contribution in [3.63, 3.8) is 0 Å². The van der Waals surface area contributed by atoms with Crippen LogP contribution in [-0.2, 0) is 4.79 Å². The van der Waals surface area contributed by atoms with Crippen LogP contribution in [0.25, 0.3) is 0 Å². The van der Waals surface area contributed by atoms with Gasteiger partial charge in [-0.3, -0.25) is 14.5 Å². The first kappa shape index (κ1) is 22.0. The normalized spacial score (nSPS) is 16.1. The van der Waals surface area contributed by atoms with Gasteiger partial charge in [0.2, 0.25) is 5.78 Å². The van der Waals surface area contributed by atoms with Crippen molar-refractivity contribution >= 4 is 40.3 Å². The Morgan fingerprint density at radius 2 is 1.94 bits per heavy atom. The highest BCUT2D eigenvalue weighted by Gasteiger charge is 2.45. The Kier molecular flexibility index (Phi) is 6.04. The van der Waals surface area contributed by atoms with Crippen molar-refractivity contribution in [3.05, 3.63) is 86.0 Å². The summed E-state index contributed by atoms with van der Waals surface area (Å²) in [7, 11) is 0. The van der Waals surface area contributed by atoms with Crippen LogP contribution < -0.4 is 9.64 Å². The van der Waals surface area contributed by atoms with E-state index in [4.69, 9.17) is 16.3 Å². The first-order valence-corrected chi connectivity index (χ1v) is 11.2. The van der Waals surface area contributed by atoms with Gasteiger partial charge < -0.3 is 9.84 Å². The van der Waals surface area contributed by atoms with Crippen molar-refractivity contribution in [1.82, 2.24) is 4.98 Å². The number of rotatable bonds is 6. The number of ether oxygens (including phenoxy) is 1. The number of aliphatic hydroxyl groups is 1. The number of anilines is 1. The number of aliphatic hydroxyl groups excluding tert-OH is 1. The molecule has 3 aromatic rings. The maximum Gasteiger partial charge on any atom is 0.294 e. The number of aromatic nitrogens is 1. The van der Waals surface area contributed by atoms with Gasteiger partial charge in [0.05, 0.1) is 33.8 Å². The molecule has 1 aromatic heterocycles. The third-order valence-electron chi connectivity index (χ3n) is 5.16. The van der Waals surface area contributed by atoms with Crippen LogP contribution in [0.15, 0.2) is 59.9 Å². The number of amides is 1. The van der Waals surface area contributed by atoms with Crippen molar-refractivity contribution in [3.8, 4) is 5.75 Å². The average Bonchev–Trinajstić information content (AvgIpc) is 3.24. The van der Waals surface area contributed by atoms with Crippen molar-refractivity contribution in [2.24, 2.45) is 0 Å². The molecule has 2 heterocycles. The second-order valence-electron chi connectivity index (χ2n) is 7.30. The van der Waals surface area contributed by atoms with Crippen LogP contribution in [0.5, 0.6) is 5.75 Å². The molecule has 0 radical (unpaired) electrons. The summed E-state index contributed by atoms with van der Waals surface area (Å²) in [6, 6.07) is 13.1. The van der Waals surface area contributed by atoms with Gasteiger partial charge in [0.15, 0.2) is 5.76 Å². The number of hydrogen-bond acceptors (Lipinski definition) is 6. The summed E-state index contributed by atoms with van der Waals surface area (Å²) in [5.74, 6) is -0.972. The third-order valence-corrected chi connectivity index (χ3v) is 6.46. The standard InChI is InChI=1S/C24H21ClN2O4S/c1-4-31-18-10-8-15(9-11-18)20-19(21(28)23-13(2)26-14(3)32-23)22(29)24(30)27(20)17-7-5-6-16(25)12-17/h5-12,20,29H,4H2,1-3H3. The molecular weight excluding hydrogens is 448 g/mol. The molecule has 32 heavy (non-hydrogen) atoms. The molecule has 0 spiro atoms. The van der Waals surface area contributed by atoms with Crippen LogP contribution in [0.3, 0.4) is 0 Å². The third kappa shape index (κ3) is 3.89. The van der Waals surface area contributed by atoms with E-state index in [0.29, 0.717) is 39.2 Å². The van der Waals surface area contributed by atoms with Gasteiger partial charge in [-0.2, -0.15) is 0 Å². The summed E-state index contributed by atoms with van der Waals surface area (Å²) < 4.78 is 5.52. The fourth-order valence-electron chi connectivity index (χ4n) is 3.82. The fraction of sp³-hybridized carbons (Fsp3) is 0.208.